The van der Waals surface area contributed by atoms with Crippen LogP contribution in [0.25, 0.3) is 10.8 Å². The first-order chi connectivity index (χ1) is 12.9. The molecule has 0 saturated heterocycles. The topological polar surface area (TPSA) is 88.2 Å². The molecule has 0 aliphatic rings. The van der Waals surface area contributed by atoms with E-state index in [4.69, 9.17) is 0 Å². The van der Waals surface area contributed by atoms with Gasteiger partial charge in [0.2, 0.25) is 15.9 Å². The lowest BCUT2D eigenvalue weighted by Gasteiger charge is -2.21. The third kappa shape index (κ3) is 4.50. The number of anilines is 1. The molecule has 27 heavy (non-hydrogen) atoms. The Balaban J connectivity index is 1.84. The van der Waals surface area contributed by atoms with Crippen molar-refractivity contribution in [2.45, 2.75) is 24.8 Å². The van der Waals surface area contributed by atoms with Crippen molar-refractivity contribution in [3.63, 3.8) is 0 Å². The zero-order chi connectivity index (χ0) is 19.4. The lowest BCUT2D eigenvalue weighted by atomic mass is 10.1. The molecule has 0 saturated carbocycles. The number of fused-ring (bicyclic) bond motifs is 1. The van der Waals surface area contributed by atoms with E-state index in [0.29, 0.717) is 5.69 Å². The van der Waals surface area contributed by atoms with E-state index in [-0.39, 0.29) is 10.8 Å². The molecule has 2 N–H and O–H groups in total. The smallest absolute Gasteiger partial charge is 0.242 e. The SMILES string of the molecule is CC(C)C(NS(=O)(=O)c1ccc2ccccc2c1)C(=O)Nc1ccncc1. The lowest BCUT2D eigenvalue weighted by Crippen LogP contribution is -2.47. The molecule has 0 aliphatic carbocycles. The van der Waals surface area contributed by atoms with E-state index in [1.807, 2.05) is 24.3 Å². The number of carbonyl (C=O) groups is 1. The average molecular weight is 383 g/mol. The van der Waals surface area contributed by atoms with Gasteiger partial charge in [-0.3, -0.25) is 9.78 Å². The first-order valence-corrected chi connectivity index (χ1v) is 10.1. The molecule has 0 fully saturated rings. The number of aromatic nitrogens is 1. The summed E-state index contributed by atoms with van der Waals surface area (Å²) in [7, 11) is -3.86. The van der Waals surface area contributed by atoms with E-state index in [0.717, 1.165) is 10.8 Å². The number of nitrogens with one attached hydrogen (secondary N) is 2. The number of pyridine rings is 1. The Kier molecular flexibility index (Phi) is 5.53. The zero-order valence-corrected chi connectivity index (χ0v) is 15.9. The Morgan fingerprint density at radius 1 is 0.963 bits per heavy atom. The third-order valence-corrected chi connectivity index (χ3v) is 5.65. The Bertz CT molecular complexity index is 1050. The number of rotatable bonds is 6. The van der Waals surface area contributed by atoms with Gasteiger partial charge < -0.3 is 5.32 Å². The normalized spacial score (nSPS) is 12.9. The predicted molar refractivity (Wildman–Crippen MR) is 106 cm³/mol. The van der Waals surface area contributed by atoms with E-state index in [1.54, 1.807) is 56.6 Å². The van der Waals surface area contributed by atoms with Crippen LogP contribution in [-0.2, 0) is 14.8 Å². The van der Waals surface area contributed by atoms with Crippen molar-refractivity contribution in [3.05, 3.63) is 67.0 Å². The van der Waals surface area contributed by atoms with Crippen LogP contribution in [0.15, 0.2) is 71.9 Å². The predicted octanol–water partition coefficient (Wildman–Crippen LogP) is 3.18. The van der Waals surface area contributed by atoms with Gasteiger partial charge in [0, 0.05) is 18.1 Å². The van der Waals surface area contributed by atoms with Gasteiger partial charge in [-0.2, -0.15) is 4.72 Å². The summed E-state index contributed by atoms with van der Waals surface area (Å²) in [6.07, 6.45) is 3.11. The fourth-order valence-corrected chi connectivity index (χ4v) is 4.10. The van der Waals surface area contributed by atoms with Crippen LogP contribution in [0.2, 0.25) is 0 Å². The maximum atomic E-state index is 12.8. The quantitative estimate of drug-likeness (QED) is 0.684. The van der Waals surface area contributed by atoms with Gasteiger partial charge >= 0.3 is 0 Å². The largest absolute Gasteiger partial charge is 0.325 e. The van der Waals surface area contributed by atoms with Gasteiger partial charge in [-0.1, -0.05) is 44.2 Å². The highest BCUT2D eigenvalue weighted by molar-refractivity contribution is 7.89. The molecule has 0 spiro atoms. The van der Waals surface area contributed by atoms with E-state index in [9.17, 15) is 13.2 Å². The molecule has 1 atom stereocenters. The molecule has 1 amide bonds. The van der Waals surface area contributed by atoms with Crippen LogP contribution in [0.3, 0.4) is 0 Å². The maximum absolute atomic E-state index is 12.8. The van der Waals surface area contributed by atoms with E-state index in [2.05, 4.69) is 15.0 Å². The summed E-state index contributed by atoms with van der Waals surface area (Å²) in [6, 6.07) is 14.8. The van der Waals surface area contributed by atoms with Gasteiger partial charge in [-0.05, 0) is 41.0 Å². The molecule has 3 aromatic rings. The molecule has 140 valence electrons. The number of carbonyl (C=O) groups excluding carboxylic acids is 1. The second-order valence-electron chi connectivity index (χ2n) is 6.58. The maximum Gasteiger partial charge on any atom is 0.242 e. The van der Waals surface area contributed by atoms with Gasteiger partial charge in [0.05, 0.1) is 4.90 Å². The number of amides is 1. The molecule has 7 heteroatoms. The van der Waals surface area contributed by atoms with E-state index in [1.165, 1.54) is 0 Å². The van der Waals surface area contributed by atoms with Crippen LogP contribution in [0, 0.1) is 5.92 Å². The fraction of sp³-hybridized carbons (Fsp3) is 0.200. The van der Waals surface area contributed by atoms with Gasteiger partial charge in [0.1, 0.15) is 6.04 Å². The highest BCUT2D eigenvalue weighted by Gasteiger charge is 2.28. The molecular weight excluding hydrogens is 362 g/mol. The first kappa shape index (κ1) is 19.0. The number of hydrogen-bond acceptors (Lipinski definition) is 4. The van der Waals surface area contributed by atoms with E-state index >= 15 is 0 Å². The van der Waals surface area contributed by atoms with Crippen LogP contribution in [0.4, 0.5) is 5.69 Å². The number of sulfonamides is 1. The van der Waals surface area contributed by atoms with Crippen molar-refractivity contribution in [1.82, 2.24) is 9.71 Å². The van der Waals surface area contributed by atoms with Crippen LogP contribution in [0.5, 0.6) is 0 Å². The number of benzene rings is 2. The molecule has 3 rings (SSSR count). The van der Waals surface area contributed by atoms with Gasteiger partial charge in [-0.15, -0.1) is 0 Å². The summed E-state index contributed by atoms with van der Waals surface area (Å²) < 4.78 is 28.2. The highest BCUT2D eigenvalue weighted by Crippen LogP contribution is 2.20. The Hall–Kier alpha value is -2.77. The third-order valence-electron chi connectivity index (χ3n) is 4.21. The lowest BCUT2D eigenvalue weighted by molar-refractivity contribution is -0.118. The van der Waals surface area contributed by atoms with Gasteiger partial charge in [-0.25, -0.2) is 8.42 Å². The van der Waals surface area contributed by atoms with E-state index < -0.39 is 22.0 Å². The Morgan fingerprint density at radius 2 is 1.63 bits per heavy atom. The number of nitrogens with zero attached hydrogens (tertiary/aromatic N) is 1. The van der Waals surface area contributed by atoms with Crippen molar-refractivity contribution in [2.24, 2.45) is 5.92 Å². The molecule has 0 bridgehead atoms. The van der Waals surface area contributed by atoms with Crippen molar-refractivity contribution < 1.29 is 13.2 Å². The molecule has 0 aliphatic heterocycles. The van der Waals surface area contributed by atoms with Crippen LogP contribution in [0.1, 0.15) is 13.8 Å². The first-order valence-electron chi connectivity index (χ1n) is 8.59. The highest BCUT2D eigenvalue weighted by atomic mass is 32.2. The molecule has 1 aromatic heterocycles. The molecule has 1 heterocycles. The molecular formula is C20H21N3O3S. The average Bonchev–Trinajstić information content (AvgIpc) is 2.66. The Labute approximate surface area is 158 Å². The van der Waals surface area contributed by atoms with Crippen molar-refractivity contribution in [1.29, 1.82) is 0 Å². The van der Waals surface area contributed by atoms with Crippen LogP contribution < -0.4 is 10.0 Å². The van der Waals surface area contributed by atoms with Crippen molar-refractivity contribution in [2.75, 3.05) is 5.32 Å². The molecule has 1 unspecified atom stereocenters. The van der Waals surface area contributed by atoms with Gasteiger partial charge in [0.25, 0.3) is 0 Å². The Morgan fingerprint density at radius 3 is 2.30 bits per heavy atom. The summed E-state index contributed by atoms with van der Waals surface area (Å²) in [5.74, 6) is -0.650. The summed E-state index contributed by atoms with van der Waals surface area (Å²) in [4.78, 5) is 16.6. The van der Waals surface area contributed by atoms with Crippen LogP contribution in [-0.4, -0.2) is 25.4 Å². The molecule has 2 aromatic carbocycles. The summed E-state index contributed by atoms with van der Waals surface area (Å²) in [6.45, 7) is 3.58. The fourth-order valence-electron chi connectivity index (χ4n) is 2.72. The van der Waals surface area contributed by atoms with Crippen molar-refractivity contribution >= 4 is 32.4 Å². The van der Waals surface area contributed by atoms with Crippen molar-refractivity contribution in [3.8, 4) is 0 Å². The monoisotopic (exact) mass is 383 g/mol. The zero-order valence-electron chi connectivity index (χ0n) is 15.1. The minimum atomic E-state index is -3.86. The standard InChI is InChI=1S/C20H21N3O3S/c1-14(2)19(20(24)22-17-9-11-21-12-10-17)23-27(25,26)18-8-7-15-5-3-4-6-16(15)13-18/h3-14,19,23H,1-2H3,(H,21,22,24). The summed E-state index contributed by atoms with van der Waals surface area (Å²) in [5, 5.41) is 4.49. The second kappa shape index (κ2) is 7.85. The van der Waals surface area contributed by atoms with Gasteiger partial charge in [0.15, 0.2) is 0 Å². The minimum absolute atomic E-state index is 0.128. The summed E-state index contributed by atoms with van der Waals surface area (Å²) >= 11 is 0. The number of hydrogen-bond donors (Lipinski definition) is 2. The molecule has 6 nitrogen and oxygen atoms in total. The van der Waals surface area contributed by atoms with Crippen LogP contribution >= 0.6 is 0 Å². The minimum Gasteiger partial charge on any atom is -0.325 e. The summed E-state index contributed by atoms with van der Waals surface area (Å²) in [5.41, 5.74) is 0.561. The molecule has 0 radical (unpaired) electrons. The second-order valence-corrected chi connectivity index (χ2v) is 8.29.